The number of thioether (sulfide) groups is 1. The van der Waals surface area contributed by atoms with Gasteiger partial charge in [-0.15, -0.1) is 0 Å². The van der Waals surface area contributed by atoms with Gasteiger partial charge in [0.2, 0.25) is 0 Å². The molecule has 0 bridgehead atoms. The van der Waals surface area contributed by atoms with Crippen LogP contribution in [-0.4, -0.2) is 11.1 Å². The van der Waals surface area contributed by atoms with Crippen molar-refractivity contribution >= 4 is 34.6 Å². The Balaban J connectivity index is 1.55. The van der Waals surface area contributed by atoms with E-state index in [0.717, 1.165) is 16.9 Å². The number of nitrogens with one attached hydrogen (secondary N) is 1. The molecule has 3 aromatic rings. The molecular formula is C21H15FN2O2S. The average molecular weight is 378 g/mol. The van der Waals surface area contributed by atoms with Crippen LogP contribution in [0.15, 0.2) is 75.0 Å². The van der Waals surface area contributed by atoms with Gasteiger partial charge in [0.15, 0.2) is 5.17 Å². The zero-order valence-electron chi connectivity index (χ0n) is 14.4. The molecule has 1 amide bonds. The highest BCUT2D eigenvalue weighted by molar-refractivity contribution is 8.18. The van der Waals surface area contributed by atoms with Crippen LogP contribution in [0.5, 0.6) is 0 Å². The molecule has 0 aliphatic carbocycles. The Bertz CT molecular complexity index is 1070. The third kappa shape index (κ3) is 3.85. The van der Waals surface area contributed by atoms with Gasteiger partial charge in [-0.05, 0) is 60.6 Å². The standard InChI is InChI=1S/C21H15FN2O2S/c1-13-4-2-3-5-17(13)18-11-10-16(26-18)12-19-20(25)24-21(27-19)23-15-8-6-14(22)7-9-15/h2-12H,1H3,(H,23,24,25)/b19-12-. The van der Waals surface area contributed by atoms with E-state index in [1.54, 1.807) is 18.2 Å². The molecule has 2 aromatic carbocycles. The molecule has 0 saturated carbocycles. The lowest BCUT2D eigenvalue weighted by molar-refractivity contribution is -0.115. The summed E-state index contributed by atoms with van der Waals surface area (Å²) in [7, 11) is 0. The van der Waals surface area contributed by atoms with Gasteiger partial charge in [0.25, 0.3) is 5.91 Å². The molecule has 134 valence electrons. The van der Waals surface area contributed by atoms with E-state index in [9.17, 15) is 9.18 Å². The number of nitrogens with zero attached hydrogens (tertiary/aromatic N) is 1. The highest BCUT2D eigenvalue weighted by Crippen LogP contribution is 2.30. The lowest BCUT2D eigenvalue weighted by Gasteiger charge is -2.00. The lowest BCUT2D eigenvalue weighted by atomic mass is 10.1. The first kappa shape index (κ1) is 17.3. The van der Waals surface area contributed by atoms with Crippen LogP contribution in [0, 0.1) is 12.7 Å². The Labute approximate surface area is 159 Å². The van der Waals surface area contributed by atoms with E-state index in [4.69, 9.17) is 4.42 Å². The molecule has 1 aliphatic heterocycles. The van der Waals surface area contributed by atoms with Crippen molar-refractivity contribution in [3.63, 3.8) is 0 Å². The number of benzene rings is 2. The summed E-state index contributed by atoms with van der Waals surface area (Å²) in [6.45, 7) is 2.02. The quantitative estimate of drug-likeness (QED) is 0.631. The summed E-state index contributed by atoms with van der Waals surface area (Å²) in [4.78, 5) is 17.0. The van der Waals surface area contributed by atoms with Crippen LogP contribution in [0.1, 0.15) is 11.3 Å². The Morgan fingerprint density at radius 1 is 1.07 bits per heavy atom. The zero-order valence-corrected chi connectivity index (χ0v) is 15.2. The molecule has 1 fully saturated rings. The third-order valence-corrected chi connectivity index (χ3v) is 4.93. The highest BCUT2D eigenvalue weighted by atomic mass is 32.2. The molecule has 2 heterocycles. The van der Waals surface area contributed by atoms with Gasteiger partial charge in [0.1, 0.15) is 17.3 Å². The van der Waals surface area contributed by atoms with Crippen LogP contribution < -0.4 is 5.32 Å². The number of amidine groups is 1. The van der Waals surface area contributed by atoms with Crippen LogP contribution in [0.3, 0.4) is 0 Å². The molecule has 27 heavy (non-hydrogen) atoms. The maximum absolute atomic E-state index is 13.0. The Morgan fingerprint density at radius 2 is 1.85 bits per heavy atom. The normalized spacial score (nSPS) is 16.9. The molecule has 4 nitrogen and oxygen atoms in total. The molecular weight excluding hydrogens is 363 g/mol. The number of hydrogen-bond acceptors (Lipinski definition) is 4. The van der Waals surface area contributed by atoms with Crippen molar-refractivity contribution in [1.29, 1.82) is 0 Å². The van der Waals surface area contributed by atoms with E-state index in [0.29, 0.717) is 21.5 Å². The van der Waals surface area contributed by atoms with Crippen molar-refractivity contribution in [3.8, 4) is 11.3 Å². The fourth-order valence-corrected chi connectivity index (χ4v) is 3.49. The number of aliphatic imine (C=N–C) groups is 1. The number of carbonyl (C=O) groups is 1. The van der Waals surface area contributed by atoms with Gasteiger partial charge in [-0.2, -0.15) is 0 Å². The number of amides is 1. The molecule has 1 aromatic heterocycles. The van der Waals surface area contributed by atoms with Crippen LogP contribution in [0.25, 0.3) is 17.4 Å². The monoisotopic (exact) mass is 378 g/mol. The zero-order chi connectivity index (χ0) is 18.8. The first-order chi connectivity index (χ1) is 13.1. The minimum atomic E-state index is -0.329. The highest BCUT2D eigenvalue weighted by Gasteiger charge is 2.24. The van der Waals surface area contributed by atoms with Crippen molar-refractivity contribution in [2.75, 3.05) is 0 Å². The van der Waals surface area contributed by atoms with E-state index < -0.39 is 0 Å². The third-order valence-electron chi connectivity index (χ3n) is 4.02. The van der Waals surface area contributed by atoms with Crippen LogP contribution in [0.2, 0.25) is 0 Å². The molecule has 0 atom stereocenters. The second-order valence-electron chi connectivity index (χ2n) is 5.98. The number of aryl methyl sites for hydroxylation is 1. The molecule has 4 rings (SSSR count). The molecule has 0 radical (unpaired) electrons. The van der Waals surface area contributed by atoms with Gasteiger partial charge in [-0.25, -0.2) is 9.38 Å². The Kier molecular flexibility index (Phi) is 4.64. The van der Waals surface area contributed by atoms with Crippen molar-refractivity contribution in [2.24, 2.45) is 4.99 Å². The summed E-state index contributed by atoms with van der Waals surface area (Å²) in [5.74, 6) is 0.775. The first-order valence-corrected chi connectivity index (χ1v) is 9.11. The molecule has 0 spiro atoms. The molecule has 1 aliphatic rings. The number of furan rings is 1. The van der Waals surface area contributed by atoms with E-state index in [2.05, 4.69) is 10.3 Å². The predicted octanol–water partition coefficient (Wildman–Crippen LogP) is 5.29. The summed E-state index contributed by atoms with van der Waals surface area (Å²) in [6.07, 6.45) is 1.69. The number of rotatable bonds is 3. The lowest BCUT2D eigenvalue weighted by Crippen LogP contribution is -2.19. The smallest absolute Gasteiger partial charge is 0.264 e. The number of halogens is 1. The molecule has 1 N–H and O–H groups in total. The van der Waals surface area contributed by atoms with Crippen molar-refractivity contribution in [1.82, 2.24) is 5.32 Å². The maximum atomic E-state index is 13.0. The average Bonchev–Trinajstić information content (AvgIpc) is 3.25. The molecule has 1 saturated heterocycles. The first-order valence-electron chi connectivity index (χ1n) is 8.29. The minimum absolute atomic E-state index is 0.241. The van der Waals surface area contributed by atoms with E-state index in [1.807, 2.05) is 43.3 Å². The Morgan fingerprint density at radius 3 is 2.63 bits per heavy atom. The molecule has 0 unspecified atom stereocenters. The summed E-state index contributed by atoms with van der Waals surface area (Å²) in [5.41, 5.74) is 2.71. The van der Waals surface area contributed by atoms with Crippen molar-refractivity contribution in [2.45, 2.75) is 6.92 Å². The van der Waals surface area contributed by atoms with E-state index in [-0.39, 0.29) is 11.7 Å². The van der Waals surface area contributed by atoms with Gasteiger partial charge in [-0.3, -0.25) is 4.79 Å². The largest absolute Gasteiger partial charge is 0.457 e. The van der Waals surface area contributed by atoms with Crippen molar-refractivity contribution in [3.05, 3.63) is 82.7 Å². The van der Waals surface area contributed by atoms with Gasteiger partial charge in [0.05, 0.1) is 10.6 Å². The van der Waals surface area contributed by atoms with Gasteiger partial charge in [-0.1, -0.05) is 24.3 Å². The van der Waals surface area contributed by atoms with Gasteiger partial charge in [0, 0.05) is 11.6 Å². The minimum Gasteiger partial charge on any atom is -0.457 e. The number of carbonyl (C=O) groups excluding carboxylic acids is 1. The number of hydrogen-bond donors (Lipinski definition) is 1. The van der Waals surface area contributed by atoms with Crippen LogP contribution in [-0.2, 0) is 4.79 Å². The fraction of sp³-hybridized carbons (Fsp3) is 0.0476. The second-order valence-corrected chi connectivity index (χ2v) is 7.01. The topological polar surface area (TPSA) is 54.6 Å². The van der Waals surface area contributed by atoms with Crippen LogP contribution in [0.4, 0.5) is 10.1 Å². The summed E-state index contributed by atoms with van der Waals surface area (Å²) < 4.78 is 18.8. The Hall–Kier alpha value is -3.12. The molecule has 6 heteroatoms. The van der Waals surface area contributed by atoms with Gasteiger partial charge < -0.3 is 9.73 Å². The second kappa shape index (κ2) is 7.25. The predicted molar refractivity (Wildman–Crippen MR) is 106 cm³/mol. The summed E-state index contributed by atoms with van der Waals surface area (Å²) in [6, 6.07) is 17.4. The van der Waals surface area contributed by atoms with E-state index in [1.165, 1.54) is 23.9 Å². The maximum Gasteiger partial charge on any atom is 0.264 e. The summed E-state index contributed by atoms with van der Waals surface area (Å²) in [5, 5.41) is 3.15. The summed E-state index contributed by atoms with van der Waals surface area (Å²) >= 11 is 1.22. The SMILES string of the molecule is Cc1ccccc1-c1ccc(/C=C2\SC(=Nc3ccc(F)cc3)NC2=O)o1. The van der Waals surface area contributed by atoms with Gasteiger partial charge >= 0.3 is 0 Å². The van der Waals surface area contributed by atoms with E-state index >= 15 is 0 Å². The van der Waals surface area contributed by atoms with Crippen molar-refractivity contribution < 1.29 is 13.6 Å². The fourth-order valence-electron chi connectivity index (χ4n) is 2.67. The van der Waals surface area contributed by atoms with Crippen LogP contribution >= 0.6 is 11.8 Å².